The SMILES string of the molecule is CCCNCc1cccc(Cn2nc(C)cc2C)n1. The lowest BCUT2D eigenvalue weighted by Gasteiger charge is -2.07. The van der Waals surface area contributed by atoms with Crippen molar-refractivity contribution in [2.24, 2.45) is 0 Å². The highest BCUT2D eigenvalue weighted by Crippen LogP contribution is 2.06. The fraction of sp³-hybridized carbons (Fsp3) is 0.467. The maximum atomic E-state index is 4.67. The van der Waals surface area contributed by atoms with Gasteiger partial charge in [0.25, 0.3) is 0 Å². The van der Waals surface area contributed by atoms with Crippen molar-refractivity contribution in [3.05, 3.63) is 47.0 Å². The summed E-state index contributed by atoms with van der Waals surface area (Å²) >= 11 is 0. The summed E-state index contributed by atoms with van der Waals surface area (Å²) in [6.45, 7) is 8.86. The summed E-state index contributed by atoms with van der Waals surface area (Å²) in [5.41, 5.74) is 4.38. The molecule has 2 aromatic rings. The van der Waals surface area contributed by atoms with E-state index in [2.05, 4.69) is 53.5 Å². The number of aromatic nitrogens is 3. The van der Waals surface area contributed by atoms with Crippen LogP contribution >= 0.6 is 0 Å². The van der Waals surface area contributed by atoms with Crippen LogP contribution in [0.1, 0.15) is 36.1 Å². The van der Waals surface area contributed by atoms with Crippen LogP contribution in [-0.4, -0.2) is 21.3 Å². The Labute approximate surface area is 114 Å². The number of aryl methyl sites for hydroxylation is 2. The van der Waals surface area contributed by atoms with Crippen LogP contribution in [0.5, 0.6) is 0 Å². The van der Waals surface area contributed by atoms with E-state index >= 15 is 0 Å². The van der Waals surface area contributed by atoms with Crippen molar-refractivity contribution in [3.8, 4) is 0 Å². The van der Waals surface area contributed by atoms with E-state index in [1.165, 1.54) is 5.69 Å². The van der Waals surface area contributed by atoms with Crippen LogP contribution in [0, 0.1) is 13.8 Å². The minimum absolute atomic E-state index is 0.737. The van der Waals surface area contributed by atoms with Crippen molar-refractivity contribution in [2.45, 2.75) is 40.3 Å². The van der Waals surface area contributed by atoms with Gasteiger partial charge in [0.05, 0.1) is 23.6 Å². The Bertz CT molecular complexity index is 531. The first kappa shape index (κ1) is 13.7. The molecule has 0 aromatic carbocycles. The Morgan fingerprint density at radius 2 is 2.00 bits per heavy atom. The number of rotatable bonds is 6. The second-order valence-corrected chi connectivity index (χ2v) is 4.88. The third-order valence-electron chi connectivity index (χ3n) is 3.01. The number of nitrogens with one attached hydrogen (secondary N) is 1. The Morgan fingerprint density at radius 1 is 1.21 bits per heavy atom. The van der Waals surface area contributed by atoms with Gasteiger partial charge in [-0.25, -0.2) is 0 Å². The van der Waals surface area contributed by atoms with Crippen LogP contribution in [-0.2, 0) is 13.1 Å². The molecule has 2 rings (SSSR count). The molecule has 4 nitrogen and oxygen atoms in total. The van der Waals surface area contributed by atoms with E-state index in [1.807, 2.05) is 11.6 Å². The number of hydrogen-bond donors (Lipinski definition) is 1. The first-order chi connectivity index (χ1) is 9.19. The number of pyridine rings is 1. The molecule has 0 spiro atoms. The molecular formula is C15H22N4. The molecule has 0 radical (unpaired) electrons. The summed E-state index contributed by atoms with van der Waals surface area (Å²) < 4.78 is 2.00. The van der Waals surface area contributed by atoms with Crippen LogP contribution in [0.3, 0.4) is 0 Å². The second-order valence-electron chi connectivity index (χ2n) is 4.88. The first-order valence-electron chi connectivity index (χ1n) is 6.85. The van der Waals surface area contributed by atoms with Crippen LogP contribution in [0.4, 0.5) is 0 Å². The van der Waals surface area contributed by atoms with Gasteiger partial charge in [-0.1, -0.05) is 13.0 Å². The maximum Gasteiger partial charge on any atom is 0.0834 e. The quantitative estimate of drug-likeness (QED) is 0.809. The van der Waals surface area contributed by atoms with E-state index < -0.39 is 0 Å². The molecule has 2 heterocycles. The summed E-state index contributed by atoms with van der Waals surface area (Å²) in [6.07, 6.45) is 1.14. The highest BCUT2D eigenvalue weighted by molar-refractivity contribution is 5.13. The van der Waals surface area contributed by atoms with Gasteiger partial charge >= 0.3 is 0 Å². The average Bonchev–Trinajstić information content (AvgIpc) is 2.69. The van der Waals surface area contributed by atoms with Gasteiger partial charge in [0, 0.05) is 12.2 Å². The van der Waals surface area contributed by atoms with Gasteiger partial charge in [-0.05, 0) is 45.0 Å². The molecule has 2 aromatic heterocycles. The van der Waals surface area contributed by atoms with Crippen LogP contribution in [0.2, 0.25) is 0 Å². The topological polar surface area (TPSA) is 42.7 Å². The summed E-state index contributed by atoms with van der Waals surface area (Å²) in [5, 5.41) is 7.84. The molecule has 0 amide bonds. The largest absolute Gasteiger partial charge is 0.311 e. The smallest absolute Gasteiger partial charge is 0.0834 e. The molecule has 0 unspecified atom stereocenters. The van der Waals surface area contributed by atoms with E-state index in [1.54, 1.807) is 0 Å². The molecule has 102 valence electrons. The van der Waals surface area contributed by atoms with E-state index in [0.29, 0.717) is 0 Å². The molecule has 4 heteroatoms. The molecule has 19 heavy (non-hydrogen) atoms. The van der Waals surface area contributed by atoms with Crippen molar-refractivity contribution in [1.82, 2.24) is 20.1 Å². The van der Waals surface area contributed by atoms with E-state index in [4.69, 9.17) is 0 Å². The minimum Gasteiger partial charge on any atom is -0.311 e. The fourth-order valence-corrected chi connectivity index (χ4v) is 2.10. The van der Waals surface area contributed by atoms with E-state index in [9.17, 15) is 0 Å². The van der Waals surface area contributed by atoms with Crippen molar-refractivity contribution in [2.75, 3.05) is 6.54 Å². The van der Waals surface area contributed by atoms with Gasteiger partial charge in [0.2, 0.25) is 0 Å². The lowest BCUT2D eigenvalue weighted by atomic mass is 10.3. The molecule has 0 atom stereocenters. The zero-order chi connectivity index (χ0) is 13.7. The zero-order valence-corrected chi connectivity index (χ0v) is 12.0. The normalized spacial score (nSPS) is 10.9. The summed E-state index contributed by atoms with van der Waals surface area (Å²) in [6, 6.07) is 8.27. The molecular weight excluding hydrogens is 236 g/mol. The predicted molar refractivity (Wildman–Crippen MR) is 77.0 cm³/mol. The Morgan fingerprint density at radius 3 is 2.68 bits per heavy atom. The highest BCUT2D eigenvalue weighted by Gasteiger charge is 2.03. The van der Waals surface area contributed by atoms with Crippen molar-refractivity contribution in [3.63, 3.8) is 0 Å². The molecule has 0 aliphatic heterocycles. The third kappa shape index (κ3) is 3.89. The molecule has 0 fully saturated rings. The van der Waals surface area contributed by atoms with Crippen LogP contribution in [0.15, 0.2) is 24.3 Å². The monoisotopic (exact) mass is 258 g/mol. The van der Waals surface area contributed by atoms with Gasteiger partial charge in [-0.15, -0.1) is 0 Å². The predicted octanol–water partition coefficient (Wildman–Crippen LogP) is 2.44. The molecule has 1 N–H and O–H groups in total. The lowest BCUT2D eigenvalue weighted by molar-refractivity contribution is 0.632. The van der Waals surface area contributed by atoms with Gasteiger partial charge in [-0.2, -0.15) is 5.10 Å². The van der Waals surface area contributed by atoms with E-state index in [0.717, 1.165) is 43.1 Å². The van der Waals surface area contributed by atoms with Crippen LogP contribution < -0.4 is 5.32 Å². The Balaban J connectivity index is 2.04. The van der Waals surface area contributed by atoms with E-state index in [-0.39, 0.29) is 0 Å². The van der Waals surface area contributed by atoms with Gasteiger partial charge in [0.15, 0.2) is 0 Å². The third-order valence-corrected chi connectivity index (χ3v) is 3.01. The molecule has 0 saturated carbocycles. The standard InChI is InChI=1S/C15H22N4/c1-4-8-16-10-14-6-5-7-15(17-14)11-19-13(3)9-12(2)18-19/h5-7,9,16H,4,8,10-11H2,1-3H3. The van der Waals surface area contributed by atoms with Gasteiger partial charge in [-0.3, -0.25) is 9.67 Å². The average molecular weight is 258 g/mol. The van der Waals surface area contributed by atoms with Gasteiger partial charge in [0.1, 0.15) is 0 Å². The summed E-state index contributed by atoms with van der Waals surface area (Å²) in [5.74, 6) is 0. The molecule has 0 aliphatic carbocycles. The van der Waals surface area contributed by atoms with Gasteiger partial charge < -0.3 is 5.32 Å². The first-order valence-corrected chi connectivity index (χ1v) is 6.85. The maximum absolute atomic E-state index is 4.67. The molecule has 0 saturated heterocycles. The summed E-state index contributed by atoms with van der Waals surface area (Å²) in [4.78, 5) is 4.67. The Hall–Kier alpha value is -1.68. The highest BCUT2D eigenvalue weighted by atomic mass is 15.3. The van der Waals surface area contributed by atoms with Crippen molar-refractivity contribution < 1.29 is 0 Å². The van der Waals surface area contributed by atoms with Crippen molar-refractivity contribution >= 4 is 0 Å². The summed E-state index contributed by atoms with van der Waals surface area (Å²) in [7, 11) is 0. The zero-order valence-electron chi connectivity index (χ0n) is 12.0. The van der Waals surface area contributed by atoms with Crippen molar-refractivity contribution in [1.29, 1.82) is 0 Å². The Kier molecular flexibility index (Phi) is 4.68. The second kappa shape index (κ2) is 6.48. The lowest BCUT2D eigenvalue weighted by Crippen LogP contribution is -2.15. The van der Waals surface area contributed by atoms with Crippen LogP contribution in [0.25, 0.3) is 0 Å². The molecule has 0 aliphatic rings. The number of hydrogen-bond acceptors (Lipinski definition) is 3. The molecule has 0 bridgehead atoms. The number of nitrogens with zero attached hydrogens (tertiary/aromatic N) is 3. The fourth-order valence-electron chi connectivity index (χ4n) is 2.10. The minimum atomic E-state index is 0.737.